The lowest BCUT2D eigenvalue weighted by Crippen LogP contribution is -2.36. The molecule has 2 aromatic carbocycles. The van der Waals surface area contributed by atoms with Crippen LogP contribution in [0.4, 0.5) is 11.4 Å². The van der Waals surface area contributed by atoms with E-state index in [1.54, 1.807) is 45.0 Å². The summed E-state index contributed by atoms with van der Waals surface area (Å²) in [4.78, 5) is 47.0. The zero-order chi connectivity index (χ0) is 24.6. The number of amides is 1. The Labute approximate surface area is 191 Å². The Morgan fingerprint density at radius 3 is 2.36 bits per heavy atom. The number of ether oxygens (including phenoxy) is 2. The smallest absolute Gasteiger partial charge is 0.338 e. The number of nitrogens with zero attached hydrogens (tertiary/aromatic N) is 1. The minimum Gasteiger partial charge on any atom is -0.460 e. The van der Waals surface area contributed by atoms with Crippen LogP contribution in [0.15, 0.2) is 48.5 Å². The number of hydrogen-bond acceptors (Lipinski definition) is 8. The van der Waals surface area contributed by atoms with Crippen LogP contribution in [-0.4, -0.2) is 34.4 Å². The Morgan fingerprint density at radius 2 is 1.79 bits per heavy atom. The maximum atomic E-state index is 12.3. The first kappa shape index (κ1) is 25.3. The predicted octanol–water partition coefficient (Wildman–Crippen LogP) is 3.34. The average Bonchev–Trinajstić information content (AvgIpc) is 2.74. The van der Waals surface area contributed by atoms with E-state index in [0.717, 1.165) is 11.6 Å². The zero-order valence-electron chi connectivity index (χ0n) is 18.7. The summed E-state index contributed by atoms with van der Waals surface area (Å²) in [6.07, 6.45) is -0.141. The van der Waals surface area contributed by atoms with E-state index in [1.807, 2.05) is 6.07 Å². The molecule has 0 aromatic heterocycles. The van der Waals surface area contributed by atoms with E-state index >= 15 is 0 Å². The highest BCUT2D eigenvalue weighted by molar-refractivity contribution is 5.92. The molecule has 10 heteroatoms. The van der Waals surface area contributed by atoms with Crippen molar-refractivity contribution in [2.75, 3.05) is 5.32 Å². The maximum Gasteiger partial charge on any atom is 0.338 e. The van der Waals surface area contributed by atoms with Gasteiger partial charge in [-0.05, 0) is 44.9 Å². The fourth-order valence-corrected chi connectivity index (χ4v) is 2.87. The first-order chi connectivity index (χ1) is 15.5. The minimum absolute atomic E-state index is 0.0158. The van der Waals surface area contributed by atoms with Gasteiger partial charge in [-0.1, -0.05) is 30.3 Å². The van der Waals surface area contributed by atoms with Gasteiger partial charge in [-0.15, -0.1) is 0 Å². The summed E-state index contributed by atoms with van der Waals surface area (Å²) in [5.74, 6) is -2.05. The molecule has 0 aliphatic heterocycles. The first-order valence-electron chi connectivity index (χ1n) is 10.2. The molecule has 0 spiro atoms. The quantitative estimate of drug-likeness (QED) is 0.313. The Balaban J connectivity index is 2.11. The molecule has 1 amide bonds. The number of primary amides is 1. The number of hydrogen-bond donors (Lipinski definition) is 2. The second-order valence-electron chi connectivity index (χ2n) is 8.28. The van der Waals surface area contributed by atoms with Gasteiger partial charge in [0.25, 0.3) is 5.69 Å². The largest absolute Gasteiger partial charge is 0.460 e. The van der Waals surface area contributed by atoms with Gasteiger partial charge in [-0.25, -0.2) is 4.79 Å². The number of nitrogens with one attached hydrogen (secondary N) is 1. The molecule has 0 radical (unpaired) electrons. The number of nitro benzene ring substituents is 1. The van der Waals surface area contributed by atoms with Gasteiger partial charge in [0.2, 0.25) is 5.91 Å². The van der Waals surface area contributed by atoms with E-state index < -0.39 is 40.1 Å². The summed E-state index contributed by atoms with van der Waals surface area (Å²) in [5.41, 5.74) is 5.01. The molecule has 0 saturated heterocycles. The van der Waals surface area contributed by atoms with Crippen molar-refractivity contribution in [2.45, 2.75) is 51.9 Å². The number of carbonyl (C=O) groups is 3. The van der Waals surface area contributed by atoms with Crippen LogP contribution in [-0.2, 0) is 25.7 Å². The molecule has 3 N–H and O–H groups in total. The Morgan fingerprint density at radius 1 is 1.12 bits per heavy atom. The number of anilines is 1. The van der Waals surface area contributed by atoms with Gasteiger partial charge >= 0.3 is 11.9 Å². The van der Waals surface area contributed by atoms with Gasteiger partial charge in [0.15, 0.2) is 0 Å². The van der Waals surface area contributed by atoms with E-state index in [0.29, 0.717) is 0 Å². The second kappa shape index (κ2) is 11.1. The normalized spacial score (nSPS) is 11.8. The van der Waals surface area contributed by atoms with Crippen molar-refractivity contribution in [1.29, 1.82) is 0 Å². The van der Waals surface area contributed by atoms with Gasteiger partial charge in [-0.3, -0.25) is 19.7 Å². The molecule has 0 aliphatic rings. The van der Waals surface area contributed by atoms with Gasteiger partial charge in [0.1, 0.15) is 23.9 Å². The van der Waals surface area contributed by atoms with Crippen molar-refractivity contribution in [3.8, 4) is 0 Å². The molecule has 0 saturated carbocycles. The average molecular weight is 457 g/mol. The van der Waals surface area contributed by atoms with E-state index in [2.05, 4.69) is 5.32 Å². The maximum absolute atomic E-state index is 12.3. The molecule has 2 aromatic rings. The molecular weight excluding hydrogens is 430 g/mol. The van der Waals surface area contributed by atoms with E-state index in [-0.39, 0.29) is 30.7 Å². The number of nitrogens with two attached hydrogens (primary N) is 1. The van der Waals surface area contributed by atoms with Crippen LogP contribution in [0, 0.1) is 10.1 Å². The summed E-state index contributed by atoms with van der Waals surface area (Å²) < 4.78 is 10.4. The number of benzene rings is 2. The molecule has 0 heterocycles. The standard InChI is InChI=1S/C23H27N3O7/c1-23(2,3)33-20(27)12-11-18(21(24)28)25-17-10-9-16(13-19(17)26(30)31)22(29)32-14-15-7-5-4-6-8-15/h4-10,13,18,25H,11-12,14H2,1-3H3,(H2,24,28)/t18-/m1/s1. The summed E-state index contributed by atoms with van der Waals surface area (Å²) in [6, 6.07) is 11.6. The monoisotopic (exact) mass is 457 g/mol. The lowest BCUT2D eigenvalue weighted by Gasteiger charge is -2.21. The molecule has 0 bridgehead atoms. The Hall–Kier alpha value is -3.95. The third-order valence-corrected chi connectivity index (χ3v) is 4.37. The minimum atomic E-state index is -1.06. The third-order valence-electron chi connectivity index (χ3n) is 4.37. The van der Waals surface area contributed by atoms with Crippen LogP contribution in [0.1, 0.15) is 49.5 Å². The molecule has 33 heavy (non-hydrogen) atoms. The van der Waals surface area contributed by atoms with Crippen molar-refractivity contribution in [3.05, 3.63) is 69.8 Å². The molecular formula is C23H27N3O7. The lowest BCUT2D eigenvalue weighted by atomic mass is 10.1. The van der Waals surface area contributed by atoms with Crippen molar-refractivity contribution in [3.63, 3.8) is 0 Å². The summed E-state index contributed by atoms with van der Waals surface area (Å²) in [7, 11) is 0. The van der Waals surface area contributed by atoms with Crippen molar-refractivity contribution >= 4 is 29.2 Å². The number of esters is 2. The van der Waals surface area contributed by atoms with Crippen LogP contribution in [0.3, 0.4) is 0 Å². The van der Waals surface area contributed by atoms with Crippen LogP contribution >= 0.6 is 0 Å². The SMILES string of the molecule is CC(C)(C)OC(=O)CC[C@@H](Nc1ccc(C(=O)OCc2ccccc2)cc1[N+](=O)[O-])C(N)=O. The topological polar surface area (TPSA) is 151 Å². The van der Waals surface area contributed by atoms with Gasteiger partial charge in [-0.2, -0.15) is 0 Å². The molecule has 10 nitrogen and oxygen atoms in total. The second-order valence-corrected chi connectivity index (χ2v) is 8.28. The number of nitro groups is 1. The van der Waals surface area contributed by atoms with Crippen LogP contribution in [0.25, 0.3) is 0 Å². The fourth-order valence-electron chi connectivity index (χ4n) is 2.87. The van der Waals surface area contributed by atoms with Gasteiger partial charge < -0.3 is 20.5 Å². The van der Waals surface area contributed by atoms with Crippen molar-refractivity contribution in [2.24, 2.45) is 5.73 Å². The molecule has 176 valence electrons. The van der Waals surface area contributed by atoms with Gasteiger partial charge in [0, 0.05) is 12.5 Å². The number of carbonyl (C=O) groups excluding carboxylic acids is 3. The molecule has 2 rings (SSSR count). The van der Waals surface area contributed by atoms with E-state index in [1.165, 1.54) is 12.1 Å². The molecule has 0 aliphatic carbocycles. The van der Waals surface area contributed by atoms with E-state index in [4.69, 9.17) is 15.2 Å². The summed E-state index contributed by atoms with van der Waals surface area (Å²) in [6.45, 7) is 5.15. The number of rotatable bonds is 10. The highest BCUT2D eigenvalue weighted by atomic mass is 16.6. The Kier molecular flexibility index (Phi) is 8.49. The van der Waals surface area contributed by atoms with Crippen LogP contribution < -0.4 is 11.1 Å². The molecule has 0 fully saturated rings. The predicted molar refractivity (Wildman–Crippen MR) is 120 cm³/mol. The summed E-state index contributed by atoms with van der Waals surface area (Å²) >= 11 is 0. The van der Waals surface area contributed by atoms with Crippen molar-refractivity contribution < 1.29 is 28.8 Å². The van der Waals surface area contributed by atoms with Crippen molar-refractivity contribution in [1.82, 2.24) is 0 Å². The van der Waals surface area contributed by atoms with Crippen LogP contribution in [0.5, 0.6) is 0 Å². The third kappa shape index (κ3) is 8.24. The highest BCUT2D eigenvalue weighted by Crippen LogP contribution is 2.27. The fraction of sp³-hybridized carbons (Fsp3) is 0.348. The van der Waals surface area contributed by atoms with E-state index in [9.17, 15) is 24.5 Å². The Bertz CT molecular complexity index is 1020. The highest BCUT2D eigenvalue weighted by Gasteiger charge is 2.25. The van der Waals surface area contributed by atoms with Gasteiger partial charge in [0.05, 0.1) is 10.5 Å². The lowest BCUT2D eigenvalue weighted by molar-refractivity contribution is -0.384. The molecule has 0 unspecified atom stereocenters. The van der Waals surface area contributed by atoms with Crippen LogP contribution in [0.2, 0.25) is 0 Å². The first-order valence-corrected chi connectivity index (χ1v) is 10.2. The zero-order valence-corrected chi connectivity index (χ0v) is 18.7. The summed E-state index contributed by atoms with van der Waals surface area (Å²) in [5, 5.41) is 14.3. The molecule has 1 atom stereocenters.